The number of nitrogens with zero attached hydrogens (tertiary/aromatic N) is 2. The van der Waals surface area contributed by atoms with E-state index in [-0.39, 0.29) is 12.5 Å². The van der Waals surface area contributed by atoms with Crippen molar-refractivity contribution in [3.63, 3.8) is 0 Å². The molecule has 2 aromatic rings. The molecule has 4 rings (SSSR count). The Bertz CT molecular complexity index is 1030. The summed E-state index contributed by atoms with van der Waals surface area (Å²) in [6.07, 6.45) is 4.85. The number of nitriles is 1. The predicted octanol–water partition coefficient (Wildman–Crippen LogP) is 4.25. The molecular formula is C25H24FN3O2. The number of rotatable bonds is 3. The molecule has 0 bridgehead atoms. The smallest absolute Gasteiger partial charge is 0.323 e. The third-order valence-corrected chi connectivity index (χ3v) is 6.13. The lowest BCUT2D eigenvalue weighted by molar-refractivity contribution is 0.0224. The number of amides is 2. The van der Waals surface area contributed by atoms with Crippen LogP contribution in [0.3, 0.4) is 0 Å². The number of likely N-dealkylation sites (tertiary alicyclic amines) is 1. The Kier molecular flexibility index (Phi) is 6.21. The van der Waals surface area contributed by atoms with Gasteiger partial charge in [0.05, 0.1) is 18.7 Å². The molecule has 1 aliphatic carbocycles. The minimum Gasteiger partial charge on any atom is -0.394 e. The van der Waals surface area contributed by atoms with Crippen molar-refractivity contribution in [1.29, 1.82) is 5.26 Å². The topological polar surface area (TPSA) is 76.4 Å². The lowest BCUT2D eigenvalue weighted by Crippen LogP contribution is -2.66. The summed E-state index contributed by atoms with van der Waals surface area (Å²) < 4.78 is 13.1. The second kappa shape index (κ2) is 9.20. The van der Waals surface area contributed by atoms with Gasteiger partial charge in [-0.05, 0) is 54.8 Å². The zero-order valence-corrected chi connectivity index (χ0v) is 17.1. The van der Waals surface area contributed by atoms with E-state index in [1.165, 1.54) is 54.8 Å². The van der Waals surface area contributed by atoms with Gasteiger partial charge in [-0.1, -0.05) is 36.8 Å². The van der Waals surface area contributed by atoms with Crippen LogP contribution in [0.15, 0.2) is 48.5 Å². The molecule has 5 nitrogen and oxygen atoms in total. The summed E-state index contributed by atoms with van der Waals surface area (Å²) in [6.45, 7) is -0.261. The van der Waals surface area contributed by atoms with Crippen molar-refractivity contribution >= 4 is 11.7 Å². The van der Waals surface area contributed by atoms with Gasteiger partial charge in [-0.15, -0.1) is 0 Å². The Hall–Kier alpha value is -3.35. The van der Waals surface area contributed by atoms with E-state index in [0.717, 1.165) is 11.1 Å². The average molecular weight is 417 g/mol. The lowest BCUT2D eigenvalue weighted by atomic mass is 9.76. The number of urea groups is 1. The molecule has 158 valence electrons. The van der Waals surface area contributed by atoms with Gasteiger partial charge in [-0.3, -0.25) is 0 Å². The molecule has 6 heteroatoms. The number of aliphatic hydroxyl groups excluding tert-OH is 1. The quantitative estimate of drug-likeness (QED) is 0.733. The van der Waals surface area contributed by atoms with E-state index in [1.807, 2.05) is 24.3 Å². The first kappa shape index (κ1) is 20.9. The van der Waals surface area contributed by atoms with Gasteiger partial charge in [0.2, 0.25) is 0 Å². The van der Waals surface area contributed by atoms with Crippen LogP contribution in [-0.2, 0) is 0 Å². The van der Waals surface area contributed by atoms with Crippen molar-refractivity contribution in [3.8, 4) is 17.9 Å². The second-order valence-corrected chi connectivity index (χ2v) is 8.07. The summed E-state index contributed by atoms with van der Waals surface area (Å²) in [7, 11) is 0. The first-order chi connectivity index (χ1) is 15.1. The lowest BCUT2D eigenvalue weighted by Gasteiger charge is -2.51. The first-order valence-corrected chi connectivity index (χ1v) is 10.6. The average Bonchev–Trinajstić information content (AvgIpc) is 3.28. The van der Waals surface area contributed by atoms with Crippen LogP contribution in [0.25, 0.3) is 0 Å². The van der Waals surface area contributed by atoms with Gasteiger partial charge in [-0.2, -0.15) is 5.26 Å². The molecule has 2 aliphatic rings. The highest BCUT2D eigenvalue weighted by Gasteiger charge is 2.51. The summed E-state index contributed by atoms with van der Waals surface area (Å²) in [5, 5.41) is 22.3. The molecule has 0 unspecified atom stereocenters. The molecule has 0 spiro atoms. The third kappa shape index (κ3) is 4.40. The highest BCUT2D eigenvalue weighted by molar-refractivity contribution is 5.91. The van der Waals surface area contributed by atoms with Crippen LogP contribution in [-0.4, -0.2) is 34.7 Å². The Morgan fingerprint density at radius 3 is 2.42 bits per heavy atom. The monoisotopic (exact) mass is 417 g/mol. The molecule has 1 aliphatic heterocycles. The Morgan fingerprint density at radius 1 is 1.13 bits per heavy atom. The maximum absolute atomic E-state index is 13.1. The summed E-state index contributed by atoms with van der Waals surface area (Å²) in [6, 6.07) is 13.6. The molecule has 2 N–H and O–H groups in total. The molecule has 1 saturated heterocycles. The number of carbonyl (C=O) groups excluding carboxylic acids is 1. The molecule has 2 fully saturated rings. The number of hydrogen-bond donors (Lipinski definition) is 2. The van der Waals surface area contributed by atoms with Gasteiger partial charge in [0, 0.05) is 23.1 Å². The SMILES string of the molecule is N#C[C@@H]1[C@@H](c2ccc(C#CC3CCCC3)cc2)[C@H](CO)N1C(=O)Nc1ccc(F)cc1. The van der Waals surface area contributed by atoms with Gasteiger partial charge in [-0.25, -0.2) is 9.18 Å². The highest BCUT2D eigenvalue weighted by atomic mass is 19.1. The Morgan fingerprint density at radius 2 is 1.81 bits per heavy atom. The Balaban J connectivity index is 1.46. The molecule has 1 saturated carbocycles. The molecule has 1 heterocycles. The molecule has 0 radical (unpaired) electrons. The van der Waals surface area contributed by atoms with E-state index in [1.54, 1.807) is 0 Å². The van der Waals surface area contributed by atoms with Crippen LogP contribution < -0.4 is 5.32 Å². The Labute approximate surface area is 181 Å². The first-order valence-electron chi connectivity index (χ1n) is 10.6. The minimum atomic E-state index is -0.701. The minimum absolute atomic E-state index is 0.261. The number of halogens is 1. The third-order valence-electron chi connectivity index (χ3n) is 6.13. The fraction of sp³-hybridized carbons (Fsp3) is 0.360. The van der Waals surface area contributed by atoms with Crippen LogP contribution in [0, 0.1) is 34.9 Å². The number of carbonyl (C=O) groups is 1. The molecule has 0 aromatic heterocycles. The number of aliphatic hydroxyl groups is 1. The highest BCUT2D eigenvalue weighted by Crippen LogP contribution is 2.40. The summed E-state index contributed by atoms with van der Waals surface area (Å²) in [5.41, 5.74) is 2.24. The van der Waals surface area contributed by atoms with E-state index in [2.05, 4.69) is 23.2 Å². The van der Waals surface area contributed by atoms with E-state index in [0.29, 0.717) is 11.6 Å². The van der Waals surface area contributed by atoms with Crippen LogP contribution in [0.2, 0.25) is 0 Å². The van der Waals surface area contributed by atoms with Crippen molar-refractivity contribution in [3.05, 3.63) is 65.5 Å². The van der Waals surface area contributed by atoms with Crippen LogP contribution >= 0.6 is 0 Å². The van der Waals surface area contributed by atoms with Gasteiger partial charge >= 0.3 is 6.03 Å². The standard InChI is InChI=1S/C25H24FN3O2/c26-20-11-13-21(14-12-20)28-25(31)29-22(15-27)24(23(29)16-30)19-9-7-18(8-10-19)6-5-17-3-1-2-4-17/h7-14,17,22-24,30H,1-4,16H2,(H,28,31)/t22-,23+,24-/m1/s1. The van der Waals surface area contributed by atoms with Gasteiger partial charge < -0.3 is 15.3 Å². The molecular weight excluding hydrogens is 393 g/mol. The zero-order valence-electron chi connectivity index (χ0n) is 17.1. The van der Waals surface area contributed by atoms with E-state index in [9.17, 15) is 19.6 Å². The number of benzene rings is 2. The maximum Gasteiger partial charge on any atom is 0.323 e. The van der Waals surface area contributed by atoms with Crippen LogP contribution in [0.4, 0.5) is 14.9 Å². The van der Waals surface area contributed by atoms with Crippen molar-refractivity contribution in [2.24, 2.45) is 5.92 Å². The normalized spacial score (nSPS) is 22.7. The predicted molar refractivity (Wildman–Crippen MR) is 116 cm³/mol. The van der Waals surface area contributed by atoms with Gasteiger partial charge in [0.15, 0.2) is 0 Å². The molecule has 2 amide bonds. The van der Waals surface area contributed by atoms with Crippen LogP contribution in [0.5, 0.6) is 0 Å². The number of anilines is 1. The van der Waals surface area contributed by atoms with Crippen molar-refractivity contribution in [2.75, 3.05) is 11.9 Å². The molecule has 31 heavy (non-hydrogen) atoms. The number of nitrogens with one attached hydrogen (secondary N) is 1. The van der Waals surface area contributed by atoms with Crippen molar-refractivity contribution < 1.29 is 14.3 Å². The van der Waals surface area contributed by atoms with Crippen molar-refractivity contribution in [1.82, 2.24) is 4.90 Å². The van der Waals surface area contributed by atoms with E-state index < -0.39 is 23.9 Å². The number of hydrogen-bond acceptors (Lipinski definition) is 3. The van der Waals surface area contributed by atoms with Crippen LogP contribution in [0.1, 0.15) is 42.7 Å². The van der Waals surface area contributed by atoms with Gasteiger partial charge in [0.25, 0.3) is 0 Å². The summed E-state index contributed by atoms with van der Waals surface area (Å²) in [4.78, 5) is 14.0. The van der Waals surface area contributed by atoms with E-state index >= 15 is 0 Å². The zero-order chi connectivity index (χ0) is 21.8. The second-order valence-electron chi connectivity index (χ2n) is 8.07. The van der Waals surface area contributed by atoms with Gasteiger partial charge in [0.1, 0.15) is 11.9 Å². The largest absolute Gasteiger partial charge is 0.394 e. The maximum atomic E-state index is 13.1. The van der Waals surface area contributed by atoms with Crippen molar-refractivity contribution in [2.45, 2.75) is 43.7 Å². The molecule has 2 aromatic carbocycles. The summed E-state index contributed by atoms with van der Waals surface area (Å²) in [5.74, 6) is 6.37. The fourth-order valence-electron chi connectivity index (χ4n) is 4.45. The molecule has 3 atom stereocenters. The summed E-state index contributed by atoms with van der Waals surface area (Å²) >= 11 is 0. The fourth-order valence-corrected chi connectivity index (χ4v) is 4.45. The van der Waals surface area contributed by atoms with E-state index in [4.69, 9.17) is 0 Å².